The van der Waals surface area contributed by atoms with E-state index in [1.807, 2.05) is 0 Å². The Morgan fingerprint density at radius 3 is 2.93 bits per heavy atom. The van der Waals surface area contributed by atoms with E-state index < -0.39 is 0 Å². The van der Waals surface area contributed by atoms with Crippen molar-refractivity contribution in [3.05, 3.63) is 34.9 Å². The van der Waals surface area contributed by atoms with Gasteiger partial charge >= 0.3 is 0 Å². The summed E-state index contributed by atoms with van der Waals surface area (Å²) in [5.74, 6) is 0.890. The van der Waals surface area contributed by atoms with Crippen molar-refractivity contribution in [1.82, 2.24) is 10.6 Å². The minimum atomic E-state index is 0.774. The van der Waals surface area contributed by atoms with Crippen LogP contribution in [0.3, 0.4) is 0 Å². The van der Waals surface area contributed by atoms with Crippen molar-refractivity contribution in [2.45, 2.75) is 39.0 Å². The third kappa shape index (κ3) is 1.92. The number of hydrogen-bond donors (Lipinski definition) is 2. The van der Waals surface area contributed by atoms with Gasteiger partial charge in [-0.1, -0.05) is 25.1 Å². The zero-order valence-corrected chi connectivity index (χ0v) is 9.22. The van der Waals surface area contributed by atoms with Crippen LogP contribution >= 0.6 is 0 Å². The molecule has 1 aromatic rings. The van der Waals surface area contributed by atoms with Gasteiger partial charge in [-0.15, -0.1) is 0 Å². The van der Waals surface area contributed by atoms with E-state index in [0.29, 0.717) is 0 Å². The van der Waals surface area contributed by atoms with Crippen LogP contribution in [0.25, 0.3) is 0 Å². The second-order valence-corrected chi connectivity index (χ2v) is 4.91. The zero-order valence-electron chi connectivity index (χ0n) is 9.22. The molecule has 0 aromatic heterocycles. The molecule has 2 nitrogen and oxygen atoms in total. The van der Waals surface area contributed by atoms with Gasteiger partial charge in [0.1, 0.15) is 0 Å². The lowest BCUT2D eigenvalue weighted by molar-refractivity contribution is 0.652. The normalized spacial score (nSPS) is 27.8. The van der Waals surface area contributed by atoms with Crippen LogP contribution in [0.2, 0.25) is 0 Å². The second-order valence-electron chi connectivity index (χ2n) is 4.91. The molecule has 1 aromatic carbocycles. The first-order valence-electron chi connectivity index (χ1n) is 5.88. The molecule has 1 saturated carbocycles. The number of nitrogens with one attached hydrogen (secondary N) is 2. The van der Waals surface area contributed by atoms with E-state index in [0.717, 1.165) is 31.6 Å². The molecule has 1 aliphatic heterocycles. The summed E-state index contributed by atoms with van der Waals surface area (Å²) in [5.41, 5.74) is 4.38. The van der Waals surface area contributed by atoms with Gasteiger partial charge in [-0.2, -0.15) is 0 Å². The average molecular weight is 202 g/mol. The van der Waals surface area contributed by atoms with Crippen molar-refractivity contribution in [2.75, 3.05) is 0 Å². The largest absolute Gasteiger partial charge is 0.310 e. The number of benzene rings is 1. The van der Waals surface area contributed by atoms with E-state index in [4.69, 9.17) is 0 Å². The highest BCUT2D eigenvalue weighted by Gasteiger charge is 2.31. The lowest BCUT2D eigenvalue weighted by Gasteiger charge is -2.05. The van der Waals surface area contributed by atoms with Crippen molar-refractivity contribution in [1.29, 1.82) is 0 Å². The van der Waals surface area contributed by atoms with E-state index in [1.165, 1.54) is 23.1 Å². The van der Waals surface area contributed by atoms with Crippen LogP contribution in [0.15, 0.2) is 18.2 Å². The smallest absolute Gasteiger partial charge is 0.0212 e. The molecular formula is C13H18N2. The zero-order chi connectivity index (χ0) is 10.3. The van der Waals surface area contributed by atoms with Crippen molar-refractivity contribution in [3.63, 3.8) is 0 Å². The Hall–Kier alpha value is -0.860. The fraction of sp³-hybridized carbons (Fsp3) is 0.538. The SMILES string of the molecule is CC1CC1NCc1ccc2c(c1)CNC2. The van der Waals surface area contributed by atoms with Crippen LogP contribution in [0, 0.1) is 5.92 Å². The molecule has 1 aliphatic carbocycles. The Morgan fingerprint density at radius 1 is 1.33 bits per heavy atom. The molecule has 0 radical (unpaired) electrons. The summed E-state index contributed by atoms with van der Waals surface area (Å²) in [7, 11) is 0. The molecule has 2 N–H and O–H groups in total. The summed E-state index contributed by atoms with van der Waals surface area (Å²) >= 11 is 0. The Morgan fingerprint density at radius 2 is 2.13 bits per heavy atom. The van der Waals surface area contributed by atoms with E-state index >= 15 is 0 Å². The van der Waals surface area contributed by atoms with Gasteiger partial charge in [0, 0.05) is 25.7 Å². The van der Waals surface area contributed by atoms with Crippen LogP contribution in [-0.2, 0) is 19.6 Å². The lowest BCUT2D eigenvalue weighted by atomic mass is 10.1. The maximum absolute atomic E-state index is 3.59. The minimum Gasteiger partial charge on any atom is -0.310 e. The third-order valence-corrected chi connectivity index (χ3v) is 3.58. The summed E-state index contributed by atoms with van der Waals surface area (Å²) in [6.07, 6.45) is 1.35. The highest BCUT2D eigenvalue weighted by atomic mass is 15.0. The molecule has 3 rings (SSSR count). The summed E-state index contributed by atoms with van der Waals surface area (Å²) in [4.78, 5) is 0. The van der Waals surface area contributed by atoms with Crippen LogP contribution in [-0.4, -0.2) is 6.04 Å². The molecule has 15 heavy (non-hydrogen) atoms. The third-order valence-electron chi connectivity index (χ3n) is 3.58. The Kier molecular flexibility index (Phi) is 2.26. The second kappa shape index (κ2) is 3.62. The molecule has 2 atom stereocenters. The summed E-state index contributed by atoms with van der Waals surface area (Å²) < 4.78 is 0. The van der Waals surface area contributed by atoms with Crippen molar-refractivity contribution < 1.29 is 0 Å². The van der Waals surface area contributed by atoms with Crippen molar-refractivity contribution in [3.8, 4) is 0 Å². The van der Waals surface area contributed by atoms with E-state index in [1.54, 1.807) is 0 Å². The molecule has 80 valence electrons. The minimum absolute atomic E-state index is 0.774. The van der Waals surface area contributed by atoms with Gasteiger partial charge in [-0.3, -0.25) is 0 Å². The molecule has 0 amide bonds. The Bertz CT molecular complexity index is 373. The van der Waals surface area contributed by atoms with Gasteiger partial charge in [0.15, 0.2) is 0 Å². The van der Waals surface area contributed by atoms with Gasteiger partial charge in [-0.05, 0) is 29.0 Å². The van der Waals surface area contributed by atoms with Crippen LogP contribution in [0.4, 0.5) is 0 Å². The van der Waals surface area contributed by atoms with Gasteiger partial charge in [0.05, 0.1) is 0 Å². The molecule has 2 unspecified atom stereocenters. The maximum Gasteiger partial charge on any atom is 0.0212 e. The van der Waals surface area contributed by atoms with E-state index in [-0.39, 0.29) is 0 Å². The van der Waals surface area contributed by atoms with Gasteiger partial charge in [0.2, 0.25) is 0 Å². The highest BCUT2D eigenvalue weighted by Crippen LogP contribution is 2.29. The molecule has 0 saturated heterocycles. The van der Waals surface area contributed by atoms with E-state index in [2.05, 4.69) is 35.8 Å². The molecular weight excluding hydrogens is 184 g/mol. The molecule has 2 heteroatoms. The van der Waals surface area contributed by atoms with Gasteiger partial charge in [-0.25, -0.2) is 0 Å². The van der Waals surface area contributed by atoms with E-state index in [9.17, 15) is 0 Å². The van der Waals surface area contributed by atoms with Gasteiger partial charge in [0.25, 0.3) is 0 Å². The maximum atomic E-state index is 3.59. The molecule has 0 spiro atoms. The summed E-state index contributed by atoms with van der Waals surface area (Å²) in [6.45, 7) is 5.43. The number of fused-ring (bicyclic) bond motifs is 1. The van der Waals surface area contributed by atoms with Crippen LogP contribution in [0.1, 0.15) is 30.0 Å². The van der Waals surface area contributed by atoms with Crippen molar-refractivity contribution >= 4 is 0 Å². The Balaban J connectivity index is 1.65. The monoisotopic (exact) mass is 202 g/mol. The molecule has 2 aliphatic rings. The average Bonchev–Trinajstić information content (AvgIpc) is 2.78. The lowest BCUT2D eigenvalue weighted by Crippen LogP contribution is -2.17. The predicted octanol–water partition coefficient (Wildman–Crippen LogP) is 1.79. The standard InChI is InChI=1S/C13H18N2/c1-9-4-13(9)15-6-10-2-3-11-7-14-8-12(11)5-10/h2-3,5,9,13-15H,4,6-8H2,1H3. The van der Waals surface area contributed by atoms with Crippen molar-refractivity contribution in [2.24, 2.45) is 5.92 Å². The predicted molar refractivity (Wildman–Crippen MR) is 61.4 cm³/mol. The first-order chi connectivity index (χ1) is 7.33. The van der Waals surface area contributed by atoms with Crippen LogP contribution in [0.5, 0.6) is 0 Å². The quantitative estimate of drug-likeness (QED) is 0.781. The molecule has 0 bridgehead atoms. The molecule has 1 fully saturated rings. The van der Waals surface area contributed by atoms with Gasteiger partial charge < -0.3 is 10.6 Å². The number of rotatable bonds is 3. The topological polar surface area (TPSA) is 24.1 Å². The first-order valence-corrected chi connectivity index (χ1v) is 5.88. The molecule has 1 heterocycles. The van der Waals surface area contributed by atoms with Crippen LogP contribution < -0.4 is 10.6 Å². The summed E-state index contributed by atoms with van der Waals surface area (Å²) in [6, 6.07) is 7.64. The summed E-state index contributed by atoms with van der Waals surface area (Å²) in [5, 5.41) is 6.97. The Labute approximate surface area is 91.1 Å². The fourth-order valence-corrected chi connectivity index (χ4v) is 2.31. The number of hydrogen-bond acceptors (Lipinski definition) is 2. The fourth-order valence-electron chi connectivity index (χ4n) is 2.31. The first kappa shape index (κ1) is 9.37. The highest BCUT2D eigenvalue weighted by molar-refractivity contribution is 5.34.